The third kappa shape index (κ3) is 4.89. The molecule has 0 bridgehead atoms. The van der Waals surface area contributed by atoms with Gasteiger partial charge in [-0.15, -0.1) is 0 Å². The van der Waals surface area contributed by atoms with E-state index in [0.29, 0.717) is 43.9 Å². The van der Waals surface area contributed by atoms with Gasteiger partial charge >= 0.3 is 0 Å². The standard InChI is InChI=1S/C25H25Cl2F2N3O2/c1-3-17(24(29)30-2)18-5-4-6-19(23(18)27)25(33)32-10-9-31-13-22(34-14-16(31)12-32)15-7-8-21(28)20(26)11-15/h3-8,11,16,22H,9-10,12-14H2,1-2H3/b17-3-,30-24+/t16-,22-/m0/s1. The molecule has 0 unspecified atom stereocenters. The summed E-state index contributed by atoms with van der Waals surface area (Å²) >= 11 is 12.5. The lowest BCUT2D eigenvalue weighted by Gasteiger charge is -2.46. The molecule has 1 amide bonds. The lowest BCUT2D eigenvalue weighted by molar-refractivity contribution is -0.0858. The van der Waals surface area contributed by atoms with E-state index in [1.807, 2.05) is 0 Å². The van der Waals surface area contributed by atoms with Gasteiger partial charge in [-0.2, -0.15) is 4.39 Å². The third-order valence-corrected chi connectivity index (χ3v) is 7.02. The Kier molecular flexibility index (Phi) is 7.67. The van der Waals surface area contributed by atoms with Gasteiger partial charge in [0.2, 0.25) is 5.97 Å². The van der Waals surface area contributed by atoms with Crippen LogP contribution in [-0.2, 0) is 4.74 Å². The Morgan fingerprint density at radius 2 is 1.94 bits per heavy atom. The van der Waals surface area contributed by atoms with Gasteiger partial charge < -0.3 is 9.64 Å². The summed E-state index contributed by atoms with van der Waals surface area (Å²) < 4.78 is 33.8. The van der Waals surface area contributed by atoms with E-state index >= 15 is 0 Å². The van der Waals surface area contributed by atoms with Crippen LogP contribution in [0.25, 0.3) is 5.57 Å². The molecule has 0 saturated carbocycles. The van der Waals surface area contributed by atoms with Gasteiger partial charge in [-0.1, -0.05) is 47.5 Å². The number of nitrogens with zero attached hydrogens (tertiary/aromatic N) is 3. The first kappa shape index (κ1) is 24.8. The number of fused-ring (bicyclic) bond motifs is 1. The molecule has 0 aromatic heterocycles. The van der Waals surface area contributed by atoms with E-state index in [9.17, 15) is 13.6 Å². The van der Waals surface area contributed by atoms with Crippen LogP contribution < -0.4 is 0 Å². The Morgan fingerprint density at radius 1 is 1.18 bits per heavy atom. The number of aliphatic imine (C=N–C) groups is 1. The number of piperazine rings is 1. The Bertz CT molecular complexity index is 1150. The second kappa shape index (κ2) is 10.5. The molecule has 2 aromatic rings. The zero-order valence-corrected chi connectivity index (χ0v) is 20.4. The lowest BCUT2D eigenvalue weighted by atomic mass is 10.0. The quantitative estimate of drug-likeness (QED) is 0.518. The fourth-order valence-electron chi connectivity index (χ4n) is 4.46. The molecule has 2 saturated heterocycles. The molecule has 0 spiro atoms. The molecular weight excluding hydrogens is 483 g/mol. The monoisotopic (exact) mass is 507 g/mol. The molecule has 4 rings (SSSR count). The number of halogens is 4. The van der Waals surface area contributed by atoms with E-state index in [2.05, 4.69) is 9.89 Å². The maximum atomic E-state index is 14.2. The molecule has 2 atom stereocenters. The van der Waals surface area contributed by atoms with Gasteiger partial charge in [0.05, 0.1) is 34.4 Å². The summed E-state index contributed by atoms with van der Waals surface area (Å²) in [6, 6.07) is 9.68. The van der Waals surface area contributed by atoms with Crippen LogP contribution in [0.15, 0.2) is 47.5 Å². The van der Waals surface area contributed by atoms with Crippen LogP contribution in [0.3, 0.4) is 0 Å². The number of allylic oxidation sites excluding steroid dienone is 2. The van der Waals surface area contributed by atoms with Crippen molar-refractivity contribution in [3.05, 3.63) is 75.0 Å². The van der Waals surface area contributed by atoms with Gasteiger partial charge in [0.25, 0.3) is 5.91 Å². The molecule has 5 nitrogen and oxygen atoms in total. The van der Waals surface area contributed by atoms with E-state index < -0.39 is 11.8 Å². The van der Waals surface area contributed by atoms with Gasteiger partial charge in [-0.3, -0.25) is 14.7 Å². The van der Waals surface area contributed by atoms with Crippen LogP contribution in [-0.4, -0.2) is 67.5 Å². The van der Waals surface area contributed by atoms with Gasteiger partial charge in [0.15, 0.2) is 0 Å². The molecule has 0 aliphatic carbocycles. The molecule has 34 heavy (non-hydrogen) atoms. The first-order valence-corrected chi connectivity index (χ1v) is 11.8. The minimum absolute atomic E-state index is 0.0302. The molecule has 2 aliphatic rings. The summed E-state index contributed by atoms with van der Waals surface area (Å²) in [6.45, 7) is 4.43. The minimum atomic E-state index is -0.640. The molecule has 2 aromatic carbocycles. The Labute approximate surface area is 207 Å². The van der Waals surface area contributed by atoms with Crippen LogP contribution in [0, 0.1) is 5.82 Å². The summed E-state index contributed by atoms with van der Waals surface area (Å²) in [6.07, 6.45) is 1.37. The minimum Gasteiger partial charge on any atom is -0.370 e. The molecule has 9 heteroatoms. The molecule has 0 N–H and O–H groups in total. The number of hydrogen-bond acceptors (Lipinski definition) is 4. The third-order valence-electron chi connectivity index (χ3n) is 6.32. The van der Waals surface area contributed by atoms with E-state index in [1.165, 1.54) is 13.1 Å². The van der Waals surface area contributed by atoms with Gasteiger partial charge in [0.1, 0.15) is 5.82 Å². The van der Waals surface area contributed by atoms with E-state index in [-0.39, 0.29) is 33.7 Å². The van der Waals surface area contributed by atoms with Crippen molar-refractivity contribution in [2.75, 3.05) is 39.8 Å². The van der Waals surface area contributed by atoms with Gasteiger partial charge in [-0.25, -0.2) is 4.39 Å². The van der Waals surface area contributed by atoms with Gasteiger partial charge in [0, 0.05) is 44.4 Å². The second-order valence-corrected chi connectivity index (χ2v) is 9.06. The second-order valence-electron chi connectivity index (χ2n) is 8.28. The van der Waals surface area contributed by atoms with Crippen molar-refractivity contribution in [3.8, 4) is 0 Å². The fourth-order valence-corrected chi connectivity index (χ4v) is 4.96. The highest BCUT2D eigenvalue weighted by molar-refractivity contribution is 6.37. The molecule has 2 fully saturated rings. The number of benzene rings is 2. The lowest BCUT2D eigenvalue weighted by Crippen LogP contribution is -2.59. The number of carbonyl (C=O) groups is 1. The predicted molar refractivity (Wildman–Crippen MR) is 131 cm³/mol. The number of ether oxygens (including phenoxy) is 1. The molecule has 180 valence electrons. The Morgan fingerprint density at radius 3 is 2.65 bits per heavy atom. The largest absolute Gasteiger partial charge is 0.370 e. The van der Waals surface area contributed by atoms with Crippen LogP contribution >= 0.6 is 23.2 Å². The normalized spacial score (nSPS) is 22.0. The summed E-state index contributed by atoms with van der Waals surface area (Å²) in [5, 5.41) is 0.277. The Balaban J connectivity index is 1.47. The summed E-state index contributed by atoms with van der Waals surface area (Å²) in [4.78, 5) is 21.0. The number of amides is 1. The molecule has 2 heterocycles. The van der Waals surface area contributed by atoms with E-state index in [0.717, 1.165) is 5.56 Å². The van der Waals surface area contributed by atoms with Crippen LogP contribution in [0.5, 0.6) is 0 Å². The smallest absolute Gasteiger partial charge is 0.255 e. The van der Waals surface area contributed by atoms with Crippen molar-refractivity contribution in [3.63, 3.8) is 0 Å². The van der Waals surface area contributed by atoms with Crippen molar-refractivity contribution in [2.45, 2.75) is 19.1 Å². The molecular formula is C25H25Cl2F2N3O2. The number of morpholine rings is 1. The zero-order valence-electron chi connectivity index (χ0n) is 18.9. The zero-order chi connectivity index (χ0) is 24.4. The fraction of sp³-hybridized carbons (Fsp3) is 0.360. The van der Waals surface area contributed by atoms with Crippen molar-refractivity contribution < 1.29 is 18.3 Å². The average Bonchev–Trinajstić information content (AvgIpc) is 2.86. The number of rotatable bonds is 4. The number of carbonyl (C=O) groups excluding carboxylic acids is 1. The van der Waals surface area contributed by atoms with Crippen LogP contribution in [0.2, 0.25) is 10.0 Å². The van der Waals surface area contributed by atoms with E-state index in [4.69, 9.17) is 27.9 Å². The SMILES string of the molecule is C/C=C(\C(F)=N/C)c1cccc(C(=O)N2CCN3C[C@@H](c4ccc(F)c(Cl)c4)OC[C@@H]3C2)c1Cl. The summed E-state index contributed by atoms with van der Waals surface area (Å²) in [7, 11) is 1.36. The van der Waals surface area contributed by atoms with Crippen LogP contribution in [0.4, 0.5) is 8.78 Å². The topological polar surface area (TPSA) is 45.1 Å². The number of hydrogen-bond donors (Lipinski definition) is 0. The van der Waals surface area contributed by atoms with Gasteiger partial charge in [-0.05, 0) is 30.7 Å². The average molecular weight is 508 g/mol. The molecule has 0 radical (unpaired) electrons. The van der Waals surface area contributed by atoms with E-state index in [1.54, 1.807) is 48.2 Å². The van der Waals surface area contributed by atoms with Crippen molar-refractivity contribution in [2.24, 2.45) is 4.99 Å². The van der Waals surface area contributed by atoms with Crippen molar-refractivity contribution in [1.29, 1.82) is 0 Å². The molecule has 2 aliphatic heterocycles. The van der Waals surface area contributed by atoms with Crippen molar-refractivity contribution in [1.82, 2.24) is 9.80 Å². The first-order chi connectivity index (χ1) is 16.3. The summed E-state index contributed by atoms with van der Waals surface area (Å²) in [5.74, 6) is -1.30. The van der Waals surface area contributed by atoms with Crippen LogP contribution in [0.1, 0.15) is 34.5 Å². The highest BCUT2D eigenvalue weighted by atomic mass is 35.5. The highest BCUT2D eigenvalue weighted by Crippen LogP contribution is 2.32. The maximum absolute atomic E-state index is 14.2. The Hall–Kier alpha value is -2.32. The van der Waals surface area contributed by atoms with Crippen molar-refractivity contribution >= 4 is 40.6 Å². The maximum Gasteiger partial charge on any atom is 0.255 e. The summed E-state index contributed by atoms with van der Waals surface area (Å²) in [5.41, 5.74) is 1.83. The first-order valence-electron chi connectivity index (χ1n) is 11.0. The highest BCUT2D eigenvalue weighted by Gasteiger charge is 2.36. The predicted octanol–water partition coefficient (Wildman–Crippen LogP) is 5.43.